The molecule has 2 rings (SSSR count). The van der Waals surface area contributed by atoms with Crippen LogP contribution in [0.4, 0.5) is 0 Å². The van der Waals surface area contributed by atoms with Gasteiger partial charge in [-0.25, -0.2) is 0 Å². The van der Waals surface area contributed by atoms with Gasteiger partial charge in [0.1, 0.15) is 0 Å². The lowest BCUT2D eigenvalue weighted by atomic mass is 9.85. The normalized spacial score (nSPS) is 42.3. The summed E-state index contributed by atoms with van der Waals surface area (Å²) in [7, 11) is 1.29. The van der Waals surface area contributed by atoms with E-state index in [2.05, 4.69) is 19.9 Å². The summed E-state index contributed by atoms with van der Waals surface area (Å²) in [6, 6.07) is 0. The summed E-state index contributed by atoms with van der Waals surface area (Å²) in [5.74, 6) is 0.958. The van der Waals surface area contributed by atoms with Gasteiger partial charge in [0.05, 0.1) is 0 Å². The largest absolute Gasteiger partial charge is 0.115 e. The topological polar surface area (TPSA) is 0 Å². The van der Waals surface area contributed by atoms with E-state index in [1.807, 2.05) is 0 Å². The average Bonchev–Trinajstić information content (AvgIpc) is 2.18. The van der Waals surface area contributed by atoms with E-state index in [1.165, 1.54) is 40.7 Å². The highest BCUT2D eigenvalue weighted by Gasteiger charge is 2.33. The molecule has 0 aromatic carbocycles. The lowest BCUT2D eigenvalue weighted by molar-refractivity contribution is 0.403. The van der Waals surface area contributed by atoms with Crippen LogP contribution in [-0.2, 0) is 0 Å². The summed E-state index contributed by atoms with van der Waals surface area (Å²) >= 11 is 0. The maximum absolute atomic E-state index is 2.34. The van der Waals surface area contributed by atoms with Crippen LogP contribution in [0.15, 0.2) is 11.6 Å². The average molecular weight is 196 g/mol. The van der Waals surface area contributed by atoms with E-state index < -0.39 is 0 Å². The molecule has 0 spiro atoms. The van der Waals surface area contributed by atoms with Crippen LogP contribution in [0.2, 0.25) is 0 Å². The summed E-state index contributed by atoms with van der Waals surface area (Å²) in [5.41, 5.74) is 3.86. The maximum Gasteiger partial charge on any atom is -0.0140 e. The quantitative estimate of drug-likeness (QED) is 0.440. The molecule has 0 aromatic rings. The van der Waals surface area contributed by atoms with Crippen LogP contribution in [0.1, 0.15) is 46.0 Å². The predicted molar refractivity (Wildman–Crippen MR) is 61.9 cm³/mol. The first-order valence-electron chi connectivity index (χ1n) is 5.70. The predicted octanol–water partition coefficient (Wildman–Crippen LogP) is 3.96. The minimum absolute atomic E-state index is 0.958. The van der Waals surface area contributed by atoms with Gasteiger partial charge in [-0.2, -0.15) is 0 Å². The van der Waals surface area contributed by atoms with Gasteiger partial charge >= 0.3 is 0 Å². The zero-order valence-corrected chi connectivity index (χ0v) is 9.84. The Morgan fingerprint density at radius 1 is 1.23 bits per heavy atom. The first-order chi connectivity index (χ1) is 6.31. The van der Waals surface area contributed by atoms with E-state index in [4.69, 9.17) is 0 Å². The van der Waals surface area contributed by atoms with Crippen molar-refractivity contribution in [2.75, 3.05) is 0 Å². The summed E-state index contributed by atoms with van der Waals surface area (Å²) in [4.78, 5) is 0. The SMILES string of the molecule is CC=C(C)C1CCC2CCCC1P2. The van der Waals surface area contributed by atoms with Crippen molar-refractivity contribution in [2.45, 2.75) is 57.3 Å². The Morgan fingerprint density at radius 3 is 2.85 bits per heavy atom. The Bertz CT molecular complexity index is 207. The highest BCUT2D eigenvalue weighted by molar-refractivity contribution is 7.40. The van der Waals surface area contributed by atoms with Gasteiger partial charge in [0.25, 0.3) is 0 Å². The molecule has 0 N–H and O–H groups in total. The second-order valence-corrected chi connectivity index (χ2v) is 6.51. The summed E-state index contributed by atoms with van der Waals surface area (Å²) in [6.07, 6.45) is 9.91. The van der Waals surface area contributed by atoms with Crippen LogP contribution in [-0.4, -0.2) is 11.3 Å². The minimum atomic E-state index is 0.958. The Kier molecular flexibility index (Phi) is 3.09. The van der Waals surface area contributed by atoms with Crippen molar-refractivity contribution >= 4 is 8.58 Å². The molecule has 0 radical (unpaired) electrons. The van der Waals surface area contributed by atoms with Gasteiger partial charge in [0.15, 0.2) is 0 Å². The number of allylic oxidation sites excluding steroid dienone is 2. The molecule has 0 saturated carbocycles. The van der Waals surface area contributed by atoms with Gasteiger partial charge in [-0.05, 0) is 56.8 Å². The van der Waals surface area contributed by atoms with E-state index in [0.29, 0.717) is 0 Å². The highest BCUT2D eigenvalue weighted by atomic mass is 31.1. The minimum Gasteiger partial charge on any atom is -0.115 e. The van der Waals surface area contributed by atoms with E-state index in [0.717, 1.165) is 17.2 Å². The first-order valence-corrected chi connectivity index (χ1v) is 6.85. The van der Waals surface area contributed by atoms with Crippen molar-refractivity contribution in [2.24, 2.45) is 5.92 Å². The van der Waals surface area contributed by atoms with Crippen LogP contribution in [0.25, 0.3) is 0 Å². The lowest BCUT2D eigenvalue weighted by Gasteiger charge is -2.41. The maximum atomic E-state index is 2.34. The first kappa shape index (κ1) is 9.71. The Balaban J connectivity index is 2.05. The monoisotopic (exact) mass is 196 g/mol. The Labute approximate surface area is 84.0 Å². The van der Waals surface area contributed by atoms with E-state index >= 15 is 0 Å². The molecule has 2 saturated heterocycles. The third-order valence-electron chi connectivity index (χ3n) is 3.87. The summed E-state index contributed by atoms with van der Waals surface area (Å²) < 4.78 is 0. The van der Waals surface area contributed by atoms with Gasteiger partial charge in [-0.15, -0.1) is 8.58 Å². The van der Waals surface area contributed by atoms with Crippen molar-refractivity contribution in [3.63, 3.8) is 0 Å². The third-order valence-corrected chi connectivity index (χ3v) is 6.04. The molecule has 2 bridgehead atoms. The second-order valence-electron chi connectivity index (χ2n) is 4.62. The van der Waals surface area contributed by atoms with Crippen LogP contribution in [0.3, 0.4) is 0 Å². The van der Waals surface area contributed by atoms with Crippen molar-refractivity contribution in [3.8, 4) is 0 Å². The van der Waals surface area contributed by atoms with Crippen molar-refractivity contribution in [1.82, 2.24) is 0 Å². The molecule has 2 fully saturated rings. The fraction of sp³-hybridized carbons (Fsp3) is 0.833. The van der Waals surface area contributed by atoms with Gasteiger partial charge in [-0.3, -0.25) is 0 Å². The van der Waals surface area contributed by atoms with Crippen molar-refractivity contribution < 1.29 is 0 Å². The molecule has 74 valence electrons. The fourth-order valence-electron chi connectivity index (χ4n) is 2.94. The Hall–Kier alpha value is 0.170. The molecule has 4 unspecified atom stereocenters. The zero-order chi connectivity index (χ0) is 9.26. The number of hydrogen-bond acceptors (Lipinski definition) is 0. The van der Waals surface area contributed by atoms with Gasteiger partial charge in [0, 0.05) is 0 Å². The van der Waals surface area contributed by atoms with E-state index in [9.17, 15) is 0 Å². The Morgan fingerprint density at radius 2 is 2.08 bits per heavy atom. The molecule has 0 amide bonds. The lowest BCUT2D eigenvalue weighted by Crippen LogP contribution is -2.30. The van der Waals surface area contributed by atoms with E-state index in [1.54, 1.807) is 5.57 Å². The van der Waals surface area contributed by atoms with Gasteiger partial charge < -0.3 is 0 Å². The second kappa shape index (κ2) is 4.13. The summed E-state index contributed by atoms with van der Waals surface area (Å²) in [6.45, 7) is 4.54. The van der Waals surface area contributed by atoms with E-state index in [-0.39, 0.29) is 0 Å². The van der Waals surface area contributed by atoms with Crippen LogP contribution >= 0.6 is 8.58 Å². The molecule has 2 aliphatic heterocycles. The van der Waals surface area contributed by atoms with Crippen LogP contribution in [0.5, 0.6) is 0 Å². The molecule has 4 atom stereocenters. The standard InChI is InChI=1S/C12H21P/c1-3-9(2)11-8-7-10-5-4-6-12(11)13-10/h3,10-13H,4-8H2,1-2H3. The molecule has 2 heterocycles. The number of hydrogen-bond donors (Lipinski definition) is 0. The van der Waals surface area contributed by atoms with Crippen molar-refractivity contribution in [1.29, 1.82) is 0 Å². The smallest absolute Gasteiger partial charge is 0.0140 e. The summed E-state index contributed by atoms with van der Waals surface area (Å²) in [5, 5.41) is 0. The molecule has 0 aliphatic carbocycles. The van der Waals surface area contributed by atoms with Crippen molar-refractivity contribution in [3.05, 3.63) is 11.6 Å². The molecule has 0 nitrogen and oxygen atoms in total. The van der Waals surface area contributed by atoms with Gasteiger partial charge in [0.2, 0.25) is 0 Å². The van der Waals surface area contributed by atoms with Crippen LogP contribution in [0, 0.1) is 5.92 Å². The third kappa shape index (κ3) is 1.99. The zero-order valence-electron chi connectivity index (χ0n) is 8.84. The number of rotatable bonds is 1. The number of fused-ring (bicyclic) bond motifs is 2. The molecular weight excluding hydrogens is 175 g/mol. The van der Waals surface area contributed by atoms with Gasteiger partial charge in [-0.1, -0.05) is 18.1 Å². The molecule has 1 heteroatoms. The molecule has 2 aliphatic rings. The fourth-order valence-corrected chi connectivity index (χ4v) is 5.28. The molecular formula is C12H21P. The molecule has 13 heavy (non-hydrogen) atoms. The molecule has 0 aromatic heterocycles. The van der Waals surface area contributed by atoms with Crippen LogP contribution < -0.4 is 0 Å². The highest BCUT2D eigenvalue weighted by Crippen LogP contribution is 2.50.